The summed E-state index contributed by atoms with van der Waals surface area (Å²) in [5.41, 5.74) is 4.46. The molecule has 3 rings (SSSR count). The summed E-state index contributed by atoms with van der Waals surface area (Å²) < 4.78 is 0. The van der Waals surface area contributed by atoms with Crippen LogP contribution >= 0.6 is 0 Å². The van der Waals surface area contributed by atoms with Gasteiger partial charge in [-0.3, -0.25) is 4.90 Å². The Balaban J connectivity index is 1.55. The van der Waals surface area contributed by atoms with Crippen molar-refractivity contribution in [2.75, 3.05) is 32.7 Å². The average molecular weight is 259 g/mol. The first-order chi connectivity index (χ1) is 9.35. The van der Waals surface area contributed by atoms with Gasteiger partial charge in [0.1, 0.15) is 0 Å². The number of piperazine rings is 1. The summed E-state index contributed by atoms with van der Waals surface area (Å²) >= 11 is 0. The predicted molar refractivity (Wildman–Crippen MR) is 79.0 cm³/mol. The third-order valence-corrected chi connectivity index (χ3v) is 4.31. The third kappa shape index (κ3) is 3.16. The molecule has 1 aromatic carbocycles. The van der Waals surface area contributed by atoms with Crippen LogP contribution in [0.3, 0.4) is 0 Å². The van der Waals surface area contributed by atoms with Gasteiger partial charge in [-0.05, 0) is 29.7 Å². The molecule has 2 aliphatic rings. The highest BCUT2D eigenvalue weighted by Gasteiger charge is 2.17. The molecule has 2 aliphatic heterocycles. The second-order valence-electron chi connectivity index (χ2n) is 5.82. The largest absolute Gasteiger partial charge is 0.309 e. The van der Waals surface area contributed by atoms with E-state index in [9.17, 15) is 0 Å². The Morgan fingerprint density at radius 1 is 1.00 bits per heavy atom. The Hall–Kier alpha value is -0.900. The van der Waals surface area contributed by atoms with Crippen LogP contribution in [0.15, 0.2) is 18.2 Å². The molecule has 0 aliphatic carbocycles. The quantitative estimate of drug-likeness (QED) is 0.890. The van der Waals surface area contributed by atoms with Crippen molar-refractivity contribution in [1.29, 1.82) is 0 Å². The number of hydrogen-bond acceptors (Lipinski definition) is 3. The van der Waals surface area contributed by atoms with Crippen molar-refractivity contribution in [1.82, 2.24) is 15.1 Å². The first kappa shape index (κ1) is 13.1. The van der Waals surface area contributed by atoms with E-state index in [2.05, 4.69) is 40.2 Å². The molecule has 0 spiro atoms. The van der Waals surface area contributed by atoms with E-state index < -0.39 is 0 Å². The maximum Gasteiger partial charge on any atom is 0.0234 e. The molecule has 19 heavy (non-hydrogen) atoms. The lowest BCUT2D eigenvalue weighted by molar-refractivity contribution is 0.127. The molecule has 0 saturated carbocycles. The minimum Gasteiger partial charge on any atom is -0.309 e. The van der Waals surface area contributed by atoms with Gasteiger partial charge in [-0.15, -0.1) is 0 Å². The van der Waals surface area contributed by atoms with E-state index in [0.717, 1.165) is 19.6 Å². The van der Waals surface area contributed by atoms with Gasteiger partial charge in [0, 0.05) is 45.8 Å². The van der Waals surface area contributed by atoms with Crippen LogP contribution in [-0.4, -0.2) is 42.5 Å². The molecule has 1 saturated heterocycles. The minimum atomic E-state index is 1.05. The fourth-order valence-electron chi connectivity index (χ4n) is 3.19. The van der Waals surface area contributed by atoms with Crippen LogP contribution < -0.4 is 5.32 Å². The lowest BCUT2D eigenvalue weighted by Gasteiger charge is -2.34. The average Bonchev–Trinajstić information content (AvgIpc) is 2.89. The summed E-state index contributed by atoms with van der Waals surface area (Å²) in [6.45, 7) is 11.7. The monoisotopic (exact) mass is 259 g/mol. The Kier molecular flexibility index (Phi) is 4.16. The highest BCUT2D eigenvalue weighted by atomic mass is 15.3. The van der Waals surface area contributed by atoms with E-state index in [1.807, 2.05) is 0 Å². The molecule has 0 unspecified atom stereocenters. The lowest BCUT2D eigenvalue weighted by atomic mass is 10.1. The third-order valence-electron chi connectivity index (χ3n) is 4.31. The van der Waals surface area contributed by atoms with Crippen molar-refractivity contribution in [3.05, 3.63) is 34.9 Å². The minimum absolute atomic E-state index is 1.05. The second kappa shape index (κ2) is 6.04. The zero-order valence-electron chi connectivity index (χ0n) is 12.0. The molecular formula is C16H25N3. The molecule has 0 bridgehead atoms. The maximum atomic E-state index is 3.42. The van der Waals surface area contributed by atoms with E-state index in [1.165, 1.54) is 55.8 Å². The van der Waals surface area contributed by atoms with E-state index in [-0.39, 0.29) is 0 Å². The fraction of sp³-hybridized carbons (Fsp3) is 0.625. The summed E-state index contributed by atoms with van der Waals surface area (Å²) in [5, 5.41) is 3.42. The van der Waals surface area contributed by atoms with E-state index in [0.29, 0.717) is 0 Å². The number of fused-ring (bicyclic) bond motifs is 1. The SMILES string of the molecule is CCCN1CCN(Cc2ccc3c(c2)CNC3)CC1. The van der Waals surface area contributed by atoms with Gasteiger partial charge in [0.2, 0.25) is 0 Å². The Morgan fingerprint density at radius 2 is 1.74 bits per heavy atom. The van der Waals surface area contributed by atoms with Crippen LogP contribution in [0.1, 0.15) is 30.0 Å². The Bertz CT molecular complexity index is 422. The standard InChI is InChI=1S/C16H25N3/c1-2-5-18-6-8-19(9-7-18)13-14-3-4-15-11-17-12-16(15)10-14/h3-4,10,17H,2,5-9,11-13H2,1H3. The van der Waals surface area contributed by atoms with Crippen LogP contribution in [0.5, 0.6) is 0 Å². The van der Waals surface area contributed by atoms with Crippen molar-refractivity contribution in [2.45, 2.75) is 33.0 Å². The molecule has 3 heteroatoms. The lowest BCUT2D eigenvalue weighted by Crippen LogP contribution is -2.45. The maximum absolute atomic E-state index is 3.42. The second-order valence-corrected chi connectivity index (χ2v) is 5.82. The first-order valence-corrected chi connectivity index (χ1v) is 7.61. The van der Waals surface area contributed by atoms with Gasteiger partial charge in [-0.1, -0.05) is 25.1 Å². The normalized spacial score (nSPS) is 20.7. The van der Waals surface area contributed by atoms with Crippen LogP contribution in [-0.2, 0) is 19.6 Å². The molecule has 0 radical (unpaired) electrons. The first-order valence-electron chi connectivity index (χ1n) is 7.61. The number of benzene rings is 1. The molecular weight excluding hydrogens is 234 g/mol. The highest BCUT2D eigenvalue weighted by molar-refractivity contribution is 5.34. The van der Waals surface area contributed by atoms with Crippen LogP contribution in [0.25, 0.3) is 0 Å². The van der Waals surface area contributed by atoms with Gasteiger partial charge in [-0.25, -0.2) is 0 Å². The summed E-state index contributed by atoms with van der Waals surface area (Å²) in [5.74, 6) is 0. The summed E-state index contributed by atoms with van der Waals surface area (Å²) in [6.07, 6.45) is 1.28. The predicted octanol–water partition coefficient (Wildman–Crippen LogP) is 1.82. The number of nitrogens with one attached hydrogen (secondary N) is 1. The van der Waals surface area contributed by atoms with Gasteiger partial charge in [-0.2, -0.15) is 0 Å². The smallest absolute Gasteiger partial charge is 0.0234 e. The van der Waals surface area contributed by atoms with Gasteiger partial charge in [0.25, 0.3) is 0 Å². The number of hydrogen-bond donors (Lipinski definition) is 1. The van der Waals surface area contributed by atoms with Gasteiger partial charge >= 0.3 is 0 Å². The van der Waals surface area contributed by atoms with Gasteiger partial charge in [0.15, 0.2) is 0 Å². The van der Waals surface area contributed by atoms with Crippen molar-refractivity contribution < 1.29 is 0 Å². The zero-order chi connectivity index (χ0) is 13.1. The van der Waals surface area contributed by atoms with E-state index in [1.54, 1.807) is 0 Å². The molecule has 1 aromatic rings. The van der Waals surface area contributed by atoms with Crippen LogP contribution in [0.4, 0.5) is 0 Å². The zero-order valence-corrected chi connectivity index (χ0v) is 12.0. The number of nitrogens with zero attached hydrogens (tertiary/aromatic N) is 2. The van der Waals surface area contributed by atoms with E-state index in [4.69, 9.17) is 0 Å². The Morgan fingerprint density at radius 3 is 2.53 bits per heavy atom. The van der Waals surface area contributed by atoms with Crippen molar-refractivity contribution in [3.8, 4) is 0 Å². The van der Waals surface area contributed by atoms with E-state index >= 15 is 0 Å². The fourth-order valence-corrected chi connectivity index (χ4v) is 3.19. The summed E-state index contributed by atoms with van der Waals surface area (Å²) in [4.78, 5) is 5.18. The molecule has 1 fully saturated rings. The summed E-state index contributed by atoms with van der Waals surface area (Å²) in [7, 11) is 0. The molecule has 0 atom stereocenters. The number of rotatable bonds is 4. The molecule has 2 heterocycles. The van der Waals surface area contributed by atoms with Crippen molar-refractivity contribution >= 4 is 0 Å². The van der Waals surface area contributed by atoms with Crippen LogP contribution in [0.2, 0.25) is 0 Å². The van der Waals surface area contributed by atoms with Crippen molar-refractivity contribution in [3.63, 3.8) is 0 Å². The molecule has 104 valence electrons. The van der Waals surface area contributed by atoms with Crippen molar-refractivity contribution in [2.24, 2.45) is 0 Å². The van der Waals surface area contributed by atoms with Gasteiger partial charge in [0.05, 0.1) is 0 Å². The molecule has 1 N–H and O–H groups in total. The van der Waals surface area contributed by atoms with Gasteiger partial charge < -0.3 is 10.2 Å². The molecule has 0 aromatic heterocycles. The Labute approximate surface area is 116 Å². The highest BCUT2D eigenvalue weighted by Crippen LogP contribution is 2.18. The summed E-state index contributed by atoms with van der Waals surface area (Å²) in [6, 6.07) is 7.01. The topological polar surface area (TPSA) is 18.5 Å². The molecule has 3 nitrogen and oxygen atoms in total. The van der Waals surface area contributed by atoms with Crippen LogP contribution in [0, 0.1) is 0 Å². The molecule has 0 amide bonds.